The number of hydrogen-bond donors (Lipinski definition) is 2. The lowest BCUT2D eigenvalue weighted by Gasteiger charge is -2.24. The van der Waals surface area contributed by atoms with Crippen molar-refractivity contribution in [2.75, 3.05) is 13.2 Å². The average Bonchev–Trinajstić information content (AvgIpc) is 2.67. The molecule has 0 aromatic carbocycles. The van der Waals surface area contributed by atoms with Crippen molar-refractivity contribution in [1.82, 2.24) is 14.9 Å². The molecule has 0 radical (unpaired) electrons. The molecule has 15 heavy (non-hydrogen) atoms. The smallest absolute Gasteiger partial charge is 0.0893 e. The standard InChI is InChI=1S/C10H19N3OS/c1-10(2,4-3-5-14)8-11-6-9-7-15-13-12-9/h7,11,14H,3-6,8H2,1-2H3. The maximum Gasteiger partial charge on any atom is 0.0893 e. The van der Waals surface area contributed by atoms with Crippen LogP contribution in [-0.4, -0.2) is 27.8 Å². The summed E-state index contributed by atoms with van der Waals surface area (Å²) in [6, 6.07) is 0. The van der Waals surface area contributed by atoms with Crippen LogP contribution in [0.3, 0.4) is 0 Å². The zero-order valence-corrected chi connectivity index (χ0v) is 10.2. The molecule has 0 fully saturated rings. The number of aromatic nitrogens is 2. The van der Waals surface area contributed by atoms with Crippen molar-refractivity contribution in [3.63, 3.8) is 0 Å². The van der Waals surface area contributed by atoms with Crippen molar-refractivity contribution in [1.29, 1.82) is 0 Å². The first-order chi connectivity index (χ1) is 7.14. The Hall–Kier alpha value is -0.520. The molecule has 0 amide bonds. The molecule has 4 nitrogen and oxygen atoms in total. The maximum absolute atomic E-state index is 8.77. The number of aliphatic hydroxyl groups is 1. The Morgan fingerprint density at radius 3 is 2.93 bits per heavy atom. The van der Waals surface area contributed by atoms with Crippen molar-refractivity contribution in [3.8, 4) is 0 Å². The van der Waals surface area contributed by atoms with Crippen LogP contribution in [0.25, 0.3) is 0 Å². The summed E-state index contributed by atoms with van der Waals surface area (Å²) in [5, 5.41) is 18.0. The lowest BCUT2D eigenvalue weighted by atomic mass is 9.88. The van der Waals surface area contributed by atoms with E-state index in [0.29, 0.717) is 0 Å². The van der Waals surface area contributed by atoms with E-state index in [1.165, 1.54) is 11.5 Å². The van der Waals surface area contributed by atoms with E-state index in [4.69, 9.17) is 5.11 Å². The highest BCUT2D eigenvalue weighted by Gasteiger charge is 2.16. The Morgan fingerprint density at radius 2 is 2.33 bits per heavy atom. The van der Waals surface area contributed by atoms with Gasteiger partial charge in [0, 0.05) is 25.1 Å². The number of hydrogen-bond acceptors (Lipinski definition) is 5. The summed E-state index contributed by atoms with van der Waals surface area (Å²) in [6.07, 6.45) is 1.90. The zero-order valence-electron chi connectivity index (χ0n) is 9.36. The maximum atomic E-state index is 8.77. The summed E-state index contributed by atoms with van der Waals surface area (Å²) in [5.41, 5.74) is 1.23. The van der Waals surface area contributed by atoms with E-state index in [0.717, 1.165) is 31.6 Å². The molecule has 1 rings (SSSR count). The van der Waals surface area contributed by atoms with Gasteiger partial charge in [0.2, 0.25) is 0 Å². The third kappa shape index (κ3) is 5.20. The molecular weight excluding hydrogens is 210 g/mol. The topological polar surface area (TPSA) is 58.0 Å². The van der Waals surface area contributed by atoms with Crippen molar-refractivity contribution in [2.24, 2.45) is 5.41 Å². The van der Waals surface area contributed by atoms with Crippen LogP contribution in [0.1, 0.15) is 32.4 Å². The summed E-state index contributed by atoms with van der Waals surface area (Å²) in [4.78, 5) is 0. The van der Waals surface area contributed by atoms with E-state index in [1.54, 1.807) is 0 Å². The van der Waals surface area contributed by atoms with Crippen LogP contribution in [0.5, 0.6) is 0 Å². The molecule has 0 bridgehead atoms. The minimum Gasteiger partial charge on any atom is -0.396 e. The van der Waals surface area contributed by atoms with Gasteiger partial charge in [-0.3, -0.25) is 0 Å². The largest absolute Gasteiger partial charge is 0.396 e. The molecule has 0 atom stereocenters. The van der Waals surface area contributed by atoms with Crippen LogP contribution in [-0.2, 0) is 6.54 Å². The predicted molar refractivity (Wildman–Crippen MR) is 61.7 cm³/mol. The van der Waals surface area contributed by atoms with E-state index in [9.17, 15) is 0 Å². The fourth-order valence-corrected chi connectivity index (χ4v) is 1.89. The van der Waals surface area contributed by atoms with Crippen molar-refractivity contribution in [2.45, 2.75) is 33.2 Å². The summed E-state index contributed by atoms with van der Waals surface area (Å²) >= 11 is 1.38. The predicted octanol–water partition coefficient (Wildman–Crippen LogP) is 1.43. The van der Waals surface area contributed by atoms with Gasteiger partial charge in [-0.2, -0.15) is 0 Å². The number of rotatable bonds is 7. The fourth-order valence-electron chi connectivity index (χ4n) is 1.44. The Morgan fingerprint density at radius 1 is 1.53 bits per heavy atom. The van der Waals surface area contributed by atoms with Crippen molar-refractivity contribution in [3.05, 3.63) is 11.1 Å². The molecule has 1 heterocycles. The Balaban J connectivity index is 2.18. The van der Waals surface area contributed by atoms with Gasteiger partial charge in [0.15, 0.2) is 0 Å². The normalized spacial score (nSPS) is 11.9. The zero-order chi connectivity index (χ0) is 11.1. The second-order valence-corrected chi connectivity index (χ2v) is 5.10. The van der Waals surface area contributed by atoms with Gasteiger partial charge in [0.05, 0.1) is 5.69 Å². The average molecular weight is 229 g/mol. The van der Waals surface area contributed by atoms with E-state index >= 15 is 0 Å². The van der Waals surface area contributed by atoms with Gasteiger partial charge in [-0.1, -0.05) is 18.3 Å². The SMILES string of the molecule is CC(C)(CCCO)CNCc1csnn1. The summed E-state index contributed by atoms with van der Waals surface area (Å²) in [6.45, 7) is 6.40. The molecule has 0 unspecified atom stereocenters. The quantitative estimate of drug-likeness (QED) is 0.742. The van der Waals surface area contributed by atoms with Crippen molar-refractivity contribution < 1.29 is 5.11 Å². The molecule has 1 aromatic heterocycles. The molecule has 1 aromatic rings. The third-order valence-corrected chi connectivity index (χ3v) is 2.88. The van der Waals surface area contributed by atoms with Gasteiger partial charge < -0.3 is 10.4 Å². The van der Waals surface area contributed by atoms with Gasteiger partial charge in [0.25, 0.3) is 0 Å². The first kappa shape index (κ1) is 12.5. The van der Waals surface area contributed by atoms with E-state index in [2.05, 4.69) is 28.8 Å². The van der Waals surface area contributed by atoms with Crippen LogP contribution in [0.2, 0.25) is 0 Å². The van der Waals surface area contributed by atoms with E-state index in [-0.39, 0.29) is 12.0 Å². The monoisotopic (exact) mass is 229 g/mol. The Labute approximate surface area is 94.9 Å². The summed E-state index contributed by atoms with van der Waals surface area (Å²) < 4.78 is 3.81. The molecule has 5 heteroatoms. The lowest BCUT2D eigenvalue weighted by molar-refractivity contribution is 0.236. The van der Waals surface area contributed by atoms with Gasteiger partial charge in [-0.25, -0.2) is 0 Å². The Kier molecular flexibility index (Phi) is 5.14. The molecule has 0 aliphatic carbocycles. The molecule has 86 valence electrons. The van der Waals surface area contributed by atoms with Gasteiger partial charge in [-0.15, -0.1) is 5.10 Å². The minimum atomic E-state index is 0.228. The van der Waals surface area contributed by atoms with E-state index < -0.39 is 0 Å². The van der Waals surface area contributed by atoms with Crippen LogP contribution in [0, 0.1) is 5.41 Å². The molecular formula is C10H19N3OS. The molecule has 0 aliphatic rings. The third-order valence-electron chi connectivity index (χ3n) is 2.33. The number of nitrogens with one attached hydrogen (secondary N) is 1. The molecule has 0 saturated carbocycles. The van der Waals surface area contributed by atoms with Crippen LogP contribution < -0.4 is 5.32 Å². The van der Waals surface area contributed by atoms with Crippen LogP contribution in [0.4, 0.5) is 0 Å². The lowest BCUT2D eigenvalue weighted by Crippen LogP contribution is -2.29. The molecule has 0 aliphatic heterocycles. The molecule has 2 N–H and O–H groups in total. The van der Waals surface area contributed by atoms with Crippen LogP contribution >= 0.6 is 11.5 Å². The van der Waals surface area contributed by atoms with Gasteiger partial charge >= 0.3 is 0 Å². The molecule has 0 spiro atoms. The van der Waals surface area contributed by atoms with Crippen molar-refractivity contribution >= 4 is 11.5 Å². The molecule has 0 saturated heterocycles. The summed E-state index contributed by atoms with van der Waals surface area (Å²) in [5.74, 6) is 0. The highest BCUT2D eigenvalue weighted by atomic mass is 32.1. The minimum absolute atomic E-state index is 0.228. The first-order valence-electron chi connectivity index (χ1n) is 5.21. The Bertz CT molecular complexity index is 262. The van der Waals surface area contributed by atoms with Gasteiger partial charge in [-0.05, 0) is 29.8 Å². The fraction of sp³-hybridized carbons (Fsp3) is 0.800. The number of aliphatic hydroxyl groups excluding tert-OH is 1. The van der Waals surface area contributed by atoms with Gasteiger partial charge in [0.1, 0.15) is 0 Å². The highest BCUT2D eigenvalue weighted by Crippen LogP contribution is 2.20. The summed E-state index contributed by atoms with van der Waals surface area (Å²) in [7, 11) is 0. The second-order valence-electron chi connectivity index (χ2n) is 4.49. The van der Waals surface area contributed by atoms with E-state index in [1.807, 2.05) is 5.38 Å². The second kappa shape index (κ2) is 6.15. The highest BCUT2D eigenvalue weighted by molar-refractivity contribution is 7.03. The first-order valence-corrected chi connectivity index (χ1v) is 6.05. The van der Waals surface area contributed by atoms with Crippen LogP contribution in [0.15, 0.2) is 5.38 Å². The number of nitrogens with zero attached hydrogens (tertiary/aromatic N) is 2.